The zero-order chi connectivity index (χ0) is 57.7. The minimum absolute atomic E-state index is 0.0540. The standard InChI is InChI=1S/C60H111O16P/c1-10-14-18-22-26-30-34-39-47(5)56(62)73-52(51(61)43-38-44-72-77(67,68)69)53(74-57(63)48(6)40-35-31-27-23-19-15-11-2)54(75-58(64)49(7)41-36-32-28-24-20-16-12-3)55(60(66)71-46-45-70-9)76-59(65)50(8)42-37-33-29-25-21-17-13-4/h47-50,52-55H,10-46H2,1-9H3,(H2,67,68,69). The predicted molar refractivity (Wildman–Crippen MR) is 302 cm³/mol. The quantitative estimate of drug-likeness (QED) is 0.0250. The average molecular weight is 1120 g/mol. The van der Waals surface area contributed by atoms with Gasteiger partial charge in [0.2, 0.25) is 12.2 Å². The van der Waals surface area contributed by atoms with Crippen LogP contribution in [0.1, 0.15) is 274 Å². The van der Waals surface area contributed by atoms with Crippen molar-refractivity contribution in [3.05, 3.63) is 0 Å². The third-order valence-corrected chi connectivity index (χ3v) is 14.9. The molecule has 16 nitrogen and oxygen atoms in total. The van der Waals surface area contributed by atoms with Gasteiger partial charge in [0.25, 0.3) is 0 Å². The molecule has 0 fully saturated rings. The van der Waals surface area contributed by atoms with E-state index in [1.165, 1.54) is 7.11 Å². The van der Waals surface area contributed by atoms with Crippen molar-refractivity contribution in [3.63, 3.8) is 0 Å². The van der Waals surface area contributed by atoms with Gasteiger partial charge in [-0.15, -0.1) is 0 Å². The number of carbonyl (C=O) groups is 6. The smallest absolute Gasteiger partial charge is 0.460 e. The van der Waals surface area contributed by atoms with Gasteiger partial charge in [-0.2, -0.15) is 0 Å². The van der Waals surface area contributed by atoms with Crippen molar-refractivity contribution in [1.29, 1.82) is 0 Å². The molecule has 0 saturated heterocycles. The van der Waals surface area contributed by atoms with Crippen LogP contribution in [-0.2, 0) is 66.3 Å². The molecule has 0 radical (unpaired) electrons. The molecule has 0 aliphatic heterocycles. The fraction of sp³-hybridized carbons (Fsp3) is 0.900. The van der Waals surface area contributed by atoms with E-state index >= 15 is 0 Å². The molecule has 8 unspecified atom stereocenters. The Labute approximate surface area is 466 Å². The fourth-order valence-corrected chi connectivity index (χ4v) is 9.50. The number of rotatable bonds is 53. The van der Waals surface area contributed by atoms with Crippen LogP contribution < -0.4 is 0 Å². The second-order valence-electron chi connectivity index (χ2n) is 21.8. The molecule has 0 rings (SSSR count). The lowest BCUT2D eigenvalue weighted by molar-refractivity contribution is -0.211. The number of methoxy groups -OCH3 is 1. The molecule has 0 bridgehead atoms. The number of ether oxygens (including phenoxy) is 6. The van der Waals surface area contributed by atoms with Crippen LogP contribution in [0.4, 0.5) is 0 Å². The first kappa shape index (κ1) is 74.1. The monoisotopic (exact) mass is 1120 g/mol. The molecule has 0 aromatic heterocycles. The van der Waals surface area contributed by atoms with Crippen LogP contribution in [0.2, 0.25) is 0 Å². The summed E-state index contributed by atoms with van der Waals surface area (Å²) in [5.41, 5.74) is 0. The summed E-state index contributed by atoms with van der Waals surface area (Å²) in [5.74, 6) is -8.42. The summed E-state index contributed by atoms with van der Waals surface area (Å²) in [6.07, 6.45) is 20.4. The van der Waals surface area contributed by atoms with E-state index in [4.69, 9.17) is 28.4 Å². The predicted octanol–water partition coefficient (Wildman–Crippen LogP) is 14.4. The van der Waals surface area contributed by atoms with Crippen molar-refractivity contribution >= 4 is 43.5 Å². The zero-order valence-corrected chi connectivity index (χ0v) is 50.7. The van der Waals surface area contributed by atoms with Gasteiger partial charge in [0.05, 0.1) is 36.9 Å². The van der Waals surface area contributed by atoms with E-state index in [-0.39, 0.29) is 19.6 Å². The highest BCUT2D eigenvalue weighted by atomic mass is 31.2. The molecular formula is C60H111O16P. The minimum Gasteiger partial charge on any atom is -0.460 e. The molecule has 0 amide bonds. The van der Waals surface area contributed by atoms with Gasteiger partial charge in [0, 0.05) is 13.5 Å². The second-order valence-corrected chi connectivity index (χ2v) is 23.1. The molecule has 0 saturated carbocycles. The lowest BCUT2D eigenvalue weighted by Gasteiger charge is -2.36. The van der Waals surface area contributed by atoms with Gasteiger partial charge in [-0.1, -0.05) is 235 Å². The van der Waals surface area contributed by atoms with Crippen LogP contribution in [0.25, 0.3) is 0 Å². The Morgan fingerprint density at radius 3 is 1.00 bits per heavy atom. The molecule has 0 heterocycles. The first-order valence-corrected chi connectivity index (χ1v) is 32.1. The van der Waals surface area contributed by atoms with Crippen LogP contribution in [0, 0.1) is 23.7 Å². The number of phosphoric acid groups is 1. The molecular weight excluding hydrogens is 1010 g/mol. The molecule has 0 spiro atoms. The number of hydrogen-bond donors (Lipinski definition) is 2. The molecule has 0 aliphatic carbocycles. The lowest BCUT2D eigenvalue weighted by atomic mass is 9.95. The fourth-order valence-electron chi connectivity index (χ4n) is 9.13. The first-order chi connectivity index (χ1) is 36.9. The number of Topliss-reactive ketones (excluding diaryl/α,β-unsaturated/α-hetero) is 1. The zero-order valence-electron chi connectivity index (χ0n) is 49.8. The highest BCUT2D eigenvalue weighted by Gasteiger charge is 2.51. The van der Waals surface area contributed by atoms with Crippen LogP contribution in [0.15, 0.2) is 0 Å². The molecule has 17 heteroatoms. The van der Waals surface area contributed by atoms with Crippen LogP contribution in [-0.4, -0.2) is 96.8 Å². The van der Waals surface area contributed by atoms with Crippen molar-refractivity contribution in [2.75, 3.05) is 26.9 Å². The average Bonchev–Trinajstić information content (AvgIpc) is 3.39. The van der Waals surface area contributed by atoms with Gasteiger partial charge in [-0.3, -0.25) is 28.5 Å². The van der Waals surface area contributed by atoms with Crippen LogP contribution >= 0.6 is 7.82 Å². The van der Waals surface area contributed by atoms with Crippen LogP contribution in [0.5, 0.6) is 0 Å². The number of unbranched alkanes of at least 4 members (excludes halogenated alkanes) is 24. The maximum Gasteiger partial charge on any atom is 0.469 e. The van der Waals surface area contributed by atoms with Gasteiger partial charge in [-0.25, -0.2) is 9.36 Å². The summed E-state index contributed by atoms with van der Waals surface area (Å²) >= 11 is 0. The second kappa shape index (κ2) is 47.9. The van der Waals surface area contributed by atoms with E-state index in [1.807, 2.05) is 0 Å². The third kappa shape index (κ3) is 38.4. The summed E-state index contributed by atoms with van der Waals surface area (Å²) in [4.78, 5) is 106. The SMILES string of the molecule is CCCCCCCCCC(C)C(=O)OC(C(=O)CCCOP(=O)(O)O)C(OC(=O)C(C)CCCCCCCCC)C(OC(=O)C(C)CCCCCCCCC)C(OC(=O)C(C)CCCCCCCCC)C(=O)OCCOC. The molecule has 0 aromatic rings. The number of carbonyl (C=O) groups excluding carboxylic acids is 6. The van der Waals surface area contributed by atoms with Gasteiger partial charge >= 0.3 is 37.7 Å². The van der Waals surface area contributed by atoms with Gasteiger partial charge in [0.1, 0.15) is 6.61 Å². The summed E-state index contributed by atoms with van der Waals surface area (Å²) in [7, 11) is -3.54. The van der Waals surface area contributed by atoms with E-state index in [0.717, 1.165) is 154 Å². The Bertz CT molecular complexity index is 1590. The topological polar surface area (TPSA) is 225 Å². The number of hydrogen-bond acceptors (Lipinski definition) is 14. The Morgan fingerprint density at radius 2 is 0.675 bits per heavy atom. The first-order valence-electron chi connectivity index (χ1n) is 30.6. The number of phosphoric ester groups is 1. The summed E-state index contributed by atoms with van der Waals surface area (Å²) in [6.45, 7) is 14.3. The van der Waals surface area contributed by atoms with Gasteiger partial charge in [0.15, 0.2) is 18.0 Å². The lowest BCUT2D eigenvalue weighted by Crippen LogP contribution is -2.57. The molecule has 0 aliphatic rings. The van der Waals surface area contributed by atoms with Crippen molar-refractivity contribution in [3.8, 4) is 0 Å². The van der Waals surface area contributed by atoms with Crippen LogP contribution in [0.3, 0.4) is 0 Å². The molecule has 452 valence electrons. The Balaban J connectivity index is 7.78. The van der Waals surface area contributed by atoms with E-state index in [9.17, 15) is 43.1 Å². The maximum absolute atomic E-state index is 14.8. The van der Waals surface area contributed by atoms with Crippen molar-refractivity contribution in [1.82, 2.24) is 0 Å². The number of ketones is 1. The molecule has 2 N–H and O–H groups in total. The Morgan fingerprint density at radius 1 is 0.377 bits per heavy atom. The third-order valence-electron chi connectivity index (χ3n) is 14.4. The van der Waals surface area contributed by atoms with Crippen molar-refractivity contribution in [2.45, 2.75) is 298 Å². The summed E-state index contributed by atoms with van der Waals surface area (Å²) in [6, 6.07) is 0. The van der Waals surface area contributed by atoms with E-state index in [0.29, 0.717) is 51.4 Å². The number of esters is 5. The highest BCUT2D eigenvalue weighted by Crippen LogP contribution is 2.36. The van der Waals surface area contributed by atoms with E-state index < -0.39 is 105 Å². The highest BCUT2D eigenvalue weighted by molar-refractivity contribution is 7.46. The summed E-state index contributed by atoms with van der Waals surface area (Å²) in [5, 5.41) is 0. The maximum atomic E-state index is 14.8. The van der Waals surface area contributed by atoms with E-state index in [1.54, 1.807) is 27.7 Å². The van der Waals surface area contributed by atoms with Gasteiger partial charge in [-0.05, 0) is 32.1 Å². The van der Waals surface area contributed by atoms with Gasteiger partial charge < -0.3 is 38.2 Å². The minimum atomic E-state index is -4.94. The Kier molecular flexibility index (Phi) is 46.0. The Hall–Kier alpha value is -2.91. The largest absolute Gasteiger partial charge is 0.469 e. The van der Waals surface area contributed by atoms with Crippen molar-refractivity contribution < 1.29 is 76.1 Å². The normalized spacial score (nSPS) is 14.8. The summed E-state index contributed by atoms with van der Waals surface area (Å²) < 4.78 is 51.9. The van der Waals surface area contributed by atoms with Crippen molar-refractivity contribution in [2.24, 2.45) is 23.7 Å². The van der Waals surface area contributed by atoms with E-state index in [2.05, 4.69) is 32.2 Å². The molecule has 0 aromatic carbocycles. The molecule has 8 atom stereocenters. The molecule has 77 heavy (non-hydrogen) atoms.